The van der Waals surface area contributed by atoms with Crippen molar-refractivity contribution < 1.29 is 8.42 Å². The minimum Gasteiger partial charge on any atom is -0.266 e. The van der Waals surface area contributed by atoms with Crippen LogP contribution in [0, 0.1) is 5.92 Å². The fraction of sp³-hybridized carbons (Fsp3) is 0.500. The molecule has 0 bridgehead atoms. The summed E-state index contributed by atoms with van der Waals surface area (Å²) in [4.78, 5) is 7.54. The predicted molar refractivity (Wildman–Crippen MR) is 57.2 cm³/mol. The first kappa shape index (κ1) is 10.6. The number of rotatable bonds is 4. The van der Waals surface area contributed by atoms with E-state index in [9.17, 15) is 8.42 Å². The summed E-state index contributed by atoms with van der Waals surface area (Å²) in [5.74, 6) is 0.624. The van der Waals surface area contributed by atoms with Crippen molar-refractivity contribution in [1.82, 2.24) is 9.97 Å². The van der Waals surface area contributed by atoms with Gasteiger partial charge >= 0.3 is 0 Å². The molecule has 7 heteroatoms. The lowest BCUT2D eigenvalue weighted by atomic mass is 10.5. The number of hydrogen-bond acceptors (Lipinski definition) is 4. The minimum atomic E-state index is -3.30. The van der Waals surface area contributed by atoms with Gasteiger partial charge in [0.2, 0.25) is 10.0 Å². The molecule has 1 aliphatic rings. The molecular weight excluding hydrogens is 238 g/mol. The van der Waals surface area contributed by atoms with Crippen molar-refractivity contribution in [2.24, 2.45) is 5.92 Å². The van der Waals surface area contributed by atoms with Gasteiger partial charge in [-0.2, -0.15) is 0 Å². The largest absolute Gasteiger partial charge is 0.266 e. The average Bonchev–Trinajstić information content (AvgIpc) is 2.86. The van der Waals surface area contributed by atoms with E-state index in [1.807, 2.05) is 0 Å². The molecule has 1 aromatic rings. The van der Waals surface area contributed by atoms with Gasteiger partial charge in [0.15, 0.2) is 5.82 Å². The maximum atomic E-state index is 11.5. The minimum absolute atomic E-state index is 0.154. The van der Waals surface area contributed by atoms with Crippen molar-refractivity contribution in [1.29, 1.82) is 0 Å². The van der Waals surface area contributed by atoms with Gasteiger partial charge in [-0.1, -0.05) is 11.6 Å². The fourth-order valence-electron chi connectivity index (χ4n) is 1.19. The molecule has 1 aromatic heterocycles. The van der Waals surface area contributed by atoms with Crippen LogP contribution in [0.5, 0.6) is 0 Å². The lowest BCUT2D eigenvalue weighted by Gasteiger charge is -2.05. The van der Waals surface area contributed by atoms with Gasteiger partial charge in [0.25, 0.3) is 0 Å². The van der Waals surface area contributed by atoms with E-state index in [0.717, 1.165) is 12.8 Å². The molecule has 0 saturated heterocycles. The van der Waals surface area contributed by atoms with Crippen molar-refractivity contribution in [3.63, 3.8) is 0 Å². The molecule has 1 fully saturated rings. The highest BCUT2D eigenvalue weighted by atomic mass is 35.5. The number of halogens is 1. The van der Waals surface area contributed by atoms with Gasteiger partial charge in [0, 0.05) is 0 Å². The molecule has 2 rings (SSSR count). The summed E-state index contributed by atoms with van der Waals surface area (Å²) in [7, 11) is -3.30. The molecular formula is C8H10ClN3O2S. The maximum absolute atomic E-state index is 11.5. The Balaban J connectivity index is 2.06. The van der Waals surface area contributed by atoms with Crippen molar-refractivity contribution in [2.75, 3.05) is 10.5 Å². The molecule has 0 aliphatic heterocycles. The van der Waals surface area contributed by atoms with Gasteiger partial charge < -0.3 is 0 Å². The lowest BCUT2D eigenvalue weighted by molar-refractivity contribution is 0.597. The third-order valence-electron chi connectivity index (χ3n) is 2.02. The molecule has 0 atom stereocenters. The molecule has 0 amide bonds. The van der Waals surface area contributed by atoms with Crippen molar-refractivity contribution in [3.05, 3.63) is 17.5 Å². The molecule has 82 valence electrons. The first-order valence-electron chi connectivity index (χ1n) is 4.53. The highest BCUT2D eigenvalue weighted by Crippen LogP contribution is 2.30. The summed E-state index contributed by atoms with van der Waals surface area (Å²) in [6, 6.07) is 0. The van der Waals surface area contributed by atoms with E-state index in [0.29, 0.717) is 5.92 Å². The van der Waals surface area contributed by atoms with Crippen LogP contribution in [0.25, 0.3) is 0 Å². The first-order valence-corrected chi connectivity index (χ1v) is 6.56. The van der Waals surface area contributed by atoms with Crippen LogP contribution in [0.1, 0.15) is 12.8 Å². The quantitative estimate of drug-likeness (QED) is 0.870. The summed E-state index contributed by atoms with van der Waals surface area (Å²) in [6.07, 6.45) is 4.65. The zero-order valence-electron chi connectivity index (χ0n) is 7.85. The van der Waals surface area contributed by atoms with Crippen molar-refractivity contribution >= 4 is 27.4 Å². The summed E-state index contributed by atoms with van der Waals surface area (Å²) < 4.78 is 25.4. The van der Waals surface area contributed by atoms with E-state index in [1.165, 1.54) is 12.4 Å². The van der Waals surface area contributed by atoms with E-state index in [-0.39, 0.29) is 16.7 Å². The van der Waals surface area contributed by atoms with Crippen LogP contribution in [0.15, 0.2) is 12.4 Å². The Morgan fingerprint density at radius 2 is 2.20 bits per heavy atom. The normalized spacial score (nSPS) is 16.3. The zero-order chi connectivity index (χ0) is 10.9. The molecule has 0 radical (unpaired) electrons. The molecule has 1 N–H and O–H groups in total. The van der Waals surface area contributed by atoms with E-state index in [2.05, 4.69) is 14.7 Å². The Bertz CT molecular complexity index is 459. The van der Waals surface area contributed by atoms with Crippen molar-refractivity contribution in [3.8, 4) is 0 Å². The molecule has 5 nitrogen and oxygen atoms in total. The van der Waals surface area contributed by atoms with Crippen LogP contribution in [0.4, 0.5) is 5.82 Å². The van der Waals surface area contributed by atoms with E-state index in [4.69, 9.17) is 11.6 Å². The van der Waals surface area contributed by atoms with Gasteiger partial charge in [-0.25, -0.2) is 13.4 Å². The maximum Gasteiger partial charge on any atom is 0.234 e. The highest BCUT2D eigenvalue weighted by molar-refractivity contribution is 7.92. The Morgan fingerprint density at radius 3 is 2.80 bits per heavy atom. The Labute approximate surface area is 92.9 Å². The average molecular weight is 248 g/mol. The Morgan fingerprint density at radius 1 is 1.47 bits per heavy atom. The molecule has 1 aliphatic carbocycles. The first-order chi connectivity index (χ1) is 7.05. The summed E-state index contributed by atoms with van der Waals surface area (Å²) in [5, 5.41) is 0.168. The Kier molecular flexibility index (Phi) is 2.79. The predicted octanol–water partition coefficient (Wildman–Crippen LogP) is 1.28. The monoisotopic (exact) mass is 247 g/mol. The molecule has 1 heterocycles. The van der Waals surface area contributed by atoms with Gasteiger partial charge in [-0.15, -0.1) is 0 Å². The molecule has 1 saturated carbocycles. The lowest BCUT2D eigenvalue weighted by Crippen LogP contribution is -2.18. The van der Waals surface area contributed by atoms with Gasteiger partial charge in [-0.05, 0) is 18.8 Å². The van der Waals surface area contributed by atoms with E-state index >= 15 is 0 Å². The summed E-state index contributed by atoms with van der Waals surface area (Å²) >= 11 is 5.58. The van der Waals surface area contributed by atoms with Crippen LogP contribution in [-0.4, -0.2) is 24.1 Å². The van der Waals surface area contributed by atoms with Crippen LogP contribution >= 0.6 is 11.6 Å². The number of hydrogen-bond donors (Lipinski definition) is 1. The molecule has 0 spiro atoms. The SMILES string of the molecule is O=S(=O)(CC1CC1)Nc1cncc(Cl)n1. The van der Waals surface area contributed by atoms with Crippen LogP contribution < -0.4 is 4.72 Å². The number of nitrogens with one attached hydrogen (secondary N) is 1. The second-order valence-corrected chi connectivity index (χ2v) is 5.71. The summed E-state index contributed by atoms with van der Waals surface area (Å²) in [6.45, 7) is 0. The van der Waals surface area contributed by atoms with E-state index < -0.39 is 10.0 Å². The third kappa shape index (κ3) is 3.32. The molecule has 0 unspecified atom stereocenters. The number of sulfonamides is 1. The van der Waals surface area contributed by atoms with Crippen LogP contribution in [-0.2, 0) is 10.0 Å². The topological polar surface area (TPSA) is 72.0 Å². The number of aromatic nitrogens is 2. The smallest absolute Gasteiger partial charge is 0.234 e. The second-order valence-electron chi connectivity index (χ2n) is 3.55. The van der Waals surface area contributed by atoms with Crippen molar-refractivity contribution in [2.45, 2.75) is 12.8 Å². The summed E-state index contributed by atoms with van der Waals surface area (Å²) in [5.41, 5.74) is 0. The second kappa shape index (κ2) is 3.94. The standard InChI is InChI=1S/C8H10ClN3O2S/c9-7-3-10-4-8(11-7)12-15(13,14)5-6-1-2-6/h3-4,6H,1-2,5H2,(H,11,12). The number of anilines is 1. The molecule has 0 aromatic carbocycles. The molecule has 15 heavy (non-hydrogen) atoms. The number of nitrogens with zero attached hydrogens (tertiary/aromatic N) is 2. The Hall–Kier alpha value is -0.880. The zero-order valence-corrected chi connectivity index (χ0v) is 9.42. The van der Waals surface area contributed by atoms with Gasteiger partial charge in [0.05, 0.1) is 18.1 Å². The van der Waals surface area contributed by atoms with E-state index in [1.54, 1.807) is 0 Å². The van der Waals surface area contributed by atoms with Crippen LogP contribution in [0.3, 0.4) is 0 Å². The fourth-order valence-corrected chi connectivity index (χ4v) is 2.79. The third-order valence-corrected chi connectivity index (χ3v) is 3.63. The van der Waals surface area contributed by atoms with Crippen LogP contribution in [0.2, 0.25) is 5.15 Å². The highest BCUT2D eigenvalue weighted by Gasteiger charge is 2.28. The van der Waals surface area contributed by atoms with Gasteiger partial charge in [0.1, 0.15) is 5.15 Å². The van der Waals surface area contributed by atoms with Gasteiger partial charge in [-0.3, -0.25) is 9.71 Å².